The van der Waals surface area contributed by atoms with Gasteiger partial charge < -0.3 is 11.1 Å². The number of aromatic nitrogens is 2. The van der Waals surface area contributed by atoms with Crippen molar-refractivity contribution < 1.29 is 0 Å². The van der Waals surface area contributed by atoms with E-state index in [-0.39, 0.29) is 0 Å². The molecule has 1 aromatic heterocycles. The molecule has 0 aliphatic heterocycles. The summed E-state index contributed by atoms with van der Waals surface area (Å²) in [5.74, 6) is 2.19. The summed E-state index contributed by atoms with van der Waals surface area (Å²) in [6.45, 7) is 2.80. The Morgan fingerprint density at radius 2 is 2.31 bits per heavy atom. The number of anilines is 2. The maximum absolute atomic E-state index is 5.50. The van der Waals surface area contributed by atoms with E-state index in [1.165, 1.54) is 0 Å². The number of nitrogens with two attached hydrogens (primary N) is 1. The second-order valence-corrected chi connectivity index (χ2v) is 3.66. The number of thioether (sulfide) groups is 1. The minimum absolute atomic E-state index is 0.326. The highest BCUT2D eigenvalue weighted by Crippen LogP contribution is 2.06. The third-order valence-electron chi connectivity index (χ3n) is 1.48. The maximum Gasteiger partial charge on any atom is 0.222 e. The van der Waals surface area contributed by atoms with Gasteiger partial charge in [0, 0.05) is 24.1 Å². The number of aryl methyl sites for hydroxylation is 1. The SMILES string of the molecule is CSCCNc1cc(C)nc(N)n1. The number of rotatable bonds is 4. The van der Waals surface area contributed by atoms with Gasteiger partial charge in [0.05, 0.1) is 0 Å². The van der Waals surface area contributed by atoms with Gasteiger partial charge in [-0.15, -0.1) is 0 Å². The molecule has 0 unspecified atom stereocenters. The van der Waals surface area contributed by atoms with Gasteiger partial charge in [0.1, 0.15) is 5.82 Å². The average Bonchev–Trinajstić information content (AvgIpc) is 2.03. The van der Waals surface area contributed by atoms with E-state index in [0.29, 0.717) is 5.95 Å². The summed E-state index contributed by atoms with van der Waals surface area (Å²) < 4.78 is 0. The Balaban J connectivity index is 2.56. The maximum atomic E-state index is 5.50. The number of nitrogens with one attached hydrogen (secondary N) is 1. The van der Waals surface area contributed by atoms with Gasteiger partial charge in [-0.3, -0.25) is 0 Å². The Labute approximate surface area is 82.3 Å². The van der Waals surface area contributed by atoms with E-state index in [1.54, 1.807) is 11.8 Å². The van der Waals surface area contributed by atoms with Gasteiger partial charge in [-0.25, -0.2) is 4.98 Å². The smallest absolute Gasteiger partial charge is 0.222 e. The molecule has 0 aliphatic carbocycles. The lowest BCUT2D eigenvalue weighted by Gasteiger charge is -2.05. The molecule has 0 amide bonds. The van der Waals surface area contributed by atoms with Crippen molar-refractivity contribution in [3.63, 3.8) is 0 Å². The van der Waals surface area contributed by atoms with Crippen molar-refractivity contribution in [3.8, 4) is 0 Å². The van der Waals surface area contributed by atoms with E-state index in [2.05, 4.69) is 21.5 Å². The summed E-state index contributed by atoms with van der Waals surface area (Å²) >= 11 is 1.79. The van der Waals surface area contributed by atoms with Crippen LogP contribution in [0, 0.1) is 6.92 Å². The number of nitrogens with zero attached hydrogens (tertiary/aromatic N) is 2. The predicted molar refractivity (Wildman–Crippen MR) is 58.1 cm³/mol. The molecule has 0 saturated heterocycles. The van der Waals surface area contributed by atoms with E-state index in [9.17, 15) is 0 Å². The molecule has 1 heterocycles. The molecule has 0 radical (unpaired) electrons. The van der Waals surface area contributed by atoms with Crippen LogP contribution in [0.3, 0.4) is 0 Å². The summed E-state index contributed by atoms with van der Waals surface area (Å²) in [4.78, 5) is 8.04. The van der Waals surface area contributed by atoms with Gasteiger partial charge in [-0.1, -0.05) is 0 Å². The summed E-state index contributed by atoms with van der Waals surface area (Å²) in [5, 5.41) is 3.18. The molecule has 0 spiro atoms. The fraction of sp³-hybridized carbons (Fsp3) is 0.500. The van der Waals surface area contributed by atoms with Crippen molar-refractivity contribution in [1.29, 1.82) is 0 Å². The lowest BCUT2D eigenvalue weighted by molar-refractivity contribution is 1.09. The zero-order chi connectivity index (χ0) is 9.68. The molecular formula is C8H14N4S. The predicted octanol–water partition coefficient (Wildman–Crippen LogP) is 1.14. The van der Waals surface area contributed by atoms with Gasteiger partial charge in [0.15, 0.2) is 0 Å². The molecule has 4 nitrogen and oxygen atoms in total. The van der Waals surface area contributed by atoms with Crippen molar-refractivity contribution in [2.45, 2.75) is 6.92 Å². The zero-order valence-corrected chi connectivity index (χ0v) is 8.69. The molecule has 72 valence electrons. The minimum Gasteiger partial charge on any atom is -0.369 e. The molecule has 0 saturated carbocycles. The molecule has 0 atom stereocenters. The fourth-order valence-corrected chi connectivity index (χ4v) is 1.27. The molecule has 3 N–H and O–H groups in total. The van der Waals surface area contributed by atoms with Crippen LogP contribution in [0.4, 0.5) is 11.8 Å². The van der Waals surface area contributed by atoms with E-state index < -0.39 is 0 Å². The van der Waals surface area contributed by atoms with Crippen LogP contribution in [0.15, 0.2) is 6.07 Å². The van der Waals surface area contributed by atoms with Gasteiger partial charge in [-0.2, -0.15) is 16.7 Å². The molecule has 0 fully saturated rings. The lowest BCUT2D eigenvalue weighted by atomic mass is 10.4. The van der Waals surface area contributed by atoms with Crippen molar-refractivity contribution in [1.82, 2.24) is 9.97 Å². The molecule has 1 aromatic rings. The summed E-state index contributed by atoms with van der Waals surface area (Å²) in [6, 6.07) is 1.89. The van der Waals surface area contributed by atoms with E-state index in [1.807, 2.05) is 13.0 Å². The highest BCUT2D eigenvalue weighted by molar-refractivity contribution is 7.98. The fourth-order valence-electron chi connectivity index (χ4n) is 0.963. The minimum atomic E-state index is 0.326. The third kappa shape index (κ3) is 3.50. The molecule has 5 heteroatoms. The van der Waals surface area contributed by atoms with E-state index in [0.717, 1.165) is 23.8 Å². The summed E-state index contributed by atoms with van der Waals surface area (Å²) in [7, 11) is 0. The Hall–Kier alpha value is -0.970. The Morgan fingerprint density at radius 3 is 2.92 bits per heavy atom. The molecule has 1 rings (SSSR count). The first kappa shape index (κ1) is 10.1. The molecule has 0 aliphatic rings. The van der Waals surface area contributed by atoms with Crippen LogP contribution in [0.1, 0.15) is 5.69 Å². The van der Waals surface area contributed by atoms with Crippen LogP contribution < -0.4 is 11.1 Å². The Morgan fingerprint density at radius 1 is 1.54 bits per heavy atom. The standard InChI is InChI=1S/C8H14N4S/c1-6-5-7(10-3-4-13-2)12-8(9)11-6/h5H,3-4H2,1-2H3,(H3,9,10,11,12). The van der Waals surface area contributed by atoms with Crippen LogP contribution in [0.25, 0.3) is 0 Å². The first-order chi connectivity index (χ1) is 6.22. The van der Waals surface area contributed by atoms with Crippen molar-refractivity contribution in [2.24, 2.45) is 0 Å². The summed E-state index contributed by atoms with van der Waals surface area (Å²) in [6.07, 6.45) is 2.07. The van der Waals surface area contributed by atoms with Gasteiger partial charge in [-0.05, 0) is 13.2 Å². The van der Waals surface area contributed by atoms with Crippen LogP contribution in [-0.4, -0.2) is 28.5 Å². The van der Waals surface area contributed by atoms with Crippen LogP contribution in [-0.2, 0) is 0 Å². The van der Waals surface area contributed by atoms with Gasteiger partial charge in [0.2, 0.25) is 5.95 Å². The lowest BCUT2D eigenvalue weighted by Crippen LogP contribution is -2.07. The van der Waals surface area contributed by atoms with Gasteiger partial charge in [0.25, 0.3) is 0 Å². The molecular weight excluding hydrogens is 184 g/mol. The van der Waals surface area contributed by atoms with Crippen LogP contribution in [0.2, 0.25) is 0 Å². The first-order valence-electron chi connectivity index (χ1n) is 4.06. The average molecular weight is 198 g/mol. The van der Waals surface area contributed by atoms with E-state index >= 15 is 0 Å². The normalized spacial score (nSPS) is 10.0. The quantitative estimate of drug-likeness (QED) is 0.710. The van der Waals surface area contributed by atoms with Gasteiger partial charge >= 0.3 is 0 Å². The largest absolute Gasteiger partial charge is 0.369 e. The highest BCUT2D eigenvalue weighted by Gasteiger charge is 1.97. The Kier molecular flexibility index (Phi) is 3.82. The highest BCUT2D eigenvalue weighted by atomic mass is 32.2. The molecule has 13 heavy (non-hydrogen) atoms. The van der Waals surface area contributed by atoms with Crippen molar-refractivity contribution in [3.05, 3.63) is 11.8 Å². The second-order valence-electron chi connectivity index (χ2n) is 2.67. The van der Waals surface area contributed by atoms with Crippen LogP contribution >= 0.6 is 11.8 Å². The Bertz CT molecular complexity index is 257. The van der Waals surface area contributed by atoms with Crippen LogP contribution in [0.5, 0.6) is 0 Å². The van der Waals surface area contributed by atoms with E-state index in [4.69, 9.17) is 5.73 Å². The first-order valence-corrected chi connectivity index (χ1v) is 5.45. The number of nitrogen functional groups attached to an aromatic ring is 1. The number of hydrogen-bond acceptors (Lipinski definition) is 5. The topological polar surface area (TPSA) is 63.8 Å². The second kappa shape index (κ2) is 4.91. The van der Waals surface area contributed by atoms with Crippen molar-refractivity contribution in [2.75, 3.05) is 29.6 Å². The number of hydrogen-bond donors (Lipinski definition) is 2. The molecule has 0 bridgehead atoms. The molecule has 0 aromatic carbocycles. The summed E-state index contributed by atoms with van der Waals surface area (Å²) in [5.41, 5.74) is 6.38. The zero-order valence-electron chi connectivity index (χ0n) is 7.87. The monoisotopic (exact) mass is 198 g/mol. The third-order valence-corrected chi connectivity index (χ3v) is 2.10. The van der Waals surface area contributed by atoms with Crippen molar-refractivity contribution >= 4 is 23.5 Å².